The average Bonchev–Trinajstić information content (AvgIpc) is 2.29. The van der Waals surface area contributed by atoms with Crippen LogP contribution < -0.4 is 0 Å². The number of rotatable bonds is 6. The number of benzene rings is 1. The highest BCUT2D eigenvalue weighted by Crippen LogP contribution is 2.19. The molecule has 0 aliphatic heterocycles. The van der Waals surface area contributed by atoms with Gasteiger partial charge in [0, 0.05) is 0 Å². The lowest BCUT2D eigenvalue weighted by atomic mass is 9.94. The van der Waals surface area contributed by atoms with Crippen molar-refractivity contribution in [3.8, 4) is 0 Å². The molecule has 1 rings (SSSR count). The largest absolute Gasteiger partial charge is 0.385 e. The Bertz CT molecular complexity index is 352. The third kappa shape index (κ3) is 3.87. The molecular weight excluding hydrogens is 196 g/mol. The van der Waals surface area contributed by atoms with Crippen LogP contribution in [0.2, 0.25) is 0 Å². The van der Waals surface area contributed by atoms with E-state index in [1.54, 1.807) is 12.2 Å². The van der Waals surface area contributed by atoms with Crippen molar-refractivity contribution < 1.29 is 5.11 Å². The van der Waals surface area contributed by atoms with Crippen LogP contribution in [0.1, 0.15) is 18.4 Å². The minimum atomic E-state index is -0.862. The monoisotopic (exact) mass is 214 g/mol. The van der Waals surface area contributed by atoms with Gasteiger partial charge in [-0.25, -0.2) is 0 Å². The van der Waals surface area contributed by atoms with E-state index in [9.17, 15) is 5.11 Å². The van der Waals surface area contributed by atoms with Crippen molar-refractivity contribution in [3.05, 3.63) is 67.3 Å². The Balaban J connectivity index is 2.78. The summed E-state index contributed by atoms with van der Waals surface area (Å²) >= 11 is 0. The first kappa shape index (κ1) is 12.5. The number of aliphatic hydroxyl groups is 1. The van der Waals surface area contributed by atoms with Crippen LogP contribution in [-0.4, -0.2) is 10.7 Å². The highest BCUT2D eigenvalue weighted by atomic mass is 16.3. The fourth-order valence-corrected chi connectivity index (χ4v) is 1.53. The highest BCUT2D eigenvalue weighted by molar-refractivity contribution is 5.50. The molecule has 84 valence electrons. The molecule has 0 saturated heterocycles. The zero-order valence-corrected chi connectivity index (χ0v) is 9.47. The van der Waals surface area contributed by atoms with E-state index in [0.29, 0.717) is 12.8 Å². The van der Waals surface area contributed by atoms with Gasteiger partial charge in [-0.15, -0.1) is 13.2 Å². The molecule has 0 spiro atoms. The van der Waals surface area contributed by atoms with Gasteiger partial charge in [0.1, 0.15) is 0 Å². The first-order valence-corrected chi connectivity index (χ1v) is 5.39. The average molecular weight is 214 g/mol. The van der Waals surface area contributed by atoms with Gasteiger partial charge < -0.3 is 5.11 Å². The summed E-state index contributed by atoms with van der Waals surface area (Å²) in [6, 6.07) is 9.91. The minimum Gasteiger partial charge on any atom is -0.385 e. The Morgan fingerprint density at radius 1 is 1.06 bits per heavy atom. The van der Waals surface area contributed by atoms with Crippen LogP contribution in [0.3, 0.4) is 0 Å². The van der Waals surface area contributed by atoms with E-state index in [2.05, 4.69) is 13.2 Å². The molecule has 1 heteroatoms. The lowest BCUT2D eigenvalue weighted by Crippen LogP contribution is -2.23. The maximum absolute atomic E-state index is 10.2. The standard InChI is InChI=1S/C15H18O/c1-3-11-15(16,12-4-2)13-10-14-8-6-5-7-9-14/h3-10,13,16H,1-2,11-12H2. The van der Waals surface area contributed by atoms with Crippen molar-refractivity contribution in [2.75, 3.05) is 0 Å². The van der Waals surface area contributed by atoms with E-state index < -0.39 is 5.60 Å². The molecule has 0 aliphatic carbocycles. The molecule has 0 saturated carbocycles. The van der Waals surface area contributed by atoms with Crippen molar-refractivity contribution in [2.45, 2.75) is 18.4 Å². The van der Waals surface area contributed by atoms with Gasteiger partial charge in [0.2, 0.25) is 0 Å². The van der Waals surface area contributed by atoms with Gasteiger partial charge in [0.15, 0.2) is 0 Å². The van der Waals surface area contributed by atoms with Crippen molar-refractivity contribution in [3.63, 3.8) is 0 Å². The van der Waals surface area contributed by atoms with E-state index in [4.69, 9.17) is 0 Å². The zero-order valence-electron chi connectivity index (χ0n) is 9.47. The smallest absolute Gasteiger partial charge is 0.0899 e. The molecule has 0 unspecified atom stereocenters. The molecule has 1 aromatic rings. The van der Waals surface area contributed by atoms with Crippen LogP contribution in [0.25, 0.3) is 6.08 Å². The normalized spacial score (nSPS) is 11.6. The summed E-state index contributed by atoms with van der Waals surface area (Å²) in [5.41, 5.74) is 0.216. The summed E-state index contributed by atoms with van der Waals surface area (Å²) < 4.78 is 0. The lowest BCUT2D eigenvalue weighted by molar-refractivity contribution is 0.0986. The third-order valence-electron chi connectivity index (χ3n) is 2.38. The van der Waals surface area contributed by atoms with E-state index in [1.807, 2.05) is 42.5 Å². The second kappa shape index (κ2) is 6.09. The Kier molecular flexibility index (Phi) is 4.74. The quantitative estimate of drug-likeness (QED) is 0.717. The summed E-state index contributed by atoms with van der Waals surface area (Å²) in [4.78, 5) is 0. The fourth-order valence-electron chi connectivity index (χ4n) is 1.53. The Hall–Kier alpha value is -1.60. The van der Waals surface area contributed by atoms with E-state index in [0.717, 1.165) is 5.56 Å². The molecule has 0 fully saturated rings. The summed E-state index contributed by atoms with van der Waals surface area (Å²) in [6.07, 6.45) is 8.24. The third-order valence-corrected chi connectivity index (χ3v) is 2.38. The van der Waals surface area contributed by atoms with E-state index in [-0.39, 0.29) is 0 Å². The Morgan fingerprint density at radius 3 is 2.12 bits per heavy atom. The maximum Gasteiger partial charge on any atom is 0.0899 e. The van der Waals surface area contributed by atoms with Crippen LogP contribution in [0.5, 0.6) is 0 Å². The van der Waals surface area contributed by atoms with Crippen LogP contribution in [-0.2, 0) is 0 Å². The maximum atomic E-state index is 10.2. The first-order chi connectivity index (χ1) is 7.70. The van der Waals surface area contributed by atoms with Gasteiger partial charge >= 0.3 is 0 Å². The molecular formula is C15H18O. The second-order valence-electron chi connectivity index (χ2n) is 3.83. The zero-order chi connectivity index (χ0) is 11.9. The predicted molar refractivity (Wildman–Crippen MR) is 70.1 cm³/mol. The summed E-state index contributed by atoms with van der Waals surface area (Å²) in [6.45, 7) is 7.31. The number of hydrogen-bond acceptors (Lipinski definition) is 1. The topological polar surface area (TPSA) is 20.2 Å². The molecule has 0 amide bonds. The molecule has 1 nitrogen and oxygen atoms in total. The van der Waals surface area contributed by atoms with E-state index >= 15 is 0 Å². The molecule has 1 aromatic carbocycles. The van der Waals surface area contributed by atoms with Gasteiger partial charge in [0.25, 0.3) is 0 Å². The summed E-state index contributed by atoms with van der Waals surface area (Å²) in [7, 11) is 0. The molecule has 0 atom stereocenters. The second-order valence-corrected chi connectivity index (χ2v) is 3.83. The highest BCUT2D eigenvalue weighted by Gasteiger charge is 2.19. The predicted octanol–water partition coefficient (Wildman–Crippen LogP) is 3.58. The van der Waals surface area contributed by atoms with Crippen LogP contribution in [0, 0.1) is 0 Å². The van der Waals surface area contributed by atoms with Crippen molar-refractivity contribution in [1.82, 2.24) is 0 Å². The van der Waals surface area contributed by atoms with Gasteiger partial charge in [-0.3, -0.25) is 0 Å². The van der Waals surface area contributed by atoms with Crippen molar-refractivity contribution >= 4 is 6.08 Å². The molecule has 0 bridgehead atoms. The van der Waals surface area contributed by atoms with E-state index in [1.165, 1.54) is 0 Å². The SMILES string of the molecule is C=CCC(O)(C=Cc1ccccc1)CC=C. The Labute approximate surface area is 97.4 Å². The molecule has 0 aromatic heterocycles. The molecule has 0 heterocycles. The fraction of sp³-hybridized carbons (Fsp3) is 0.200. The molecule has 1 N–H and O–H groups in total. The van der Waals surface area contributed by atoms with Crippen molar-refractivity contribution in [1.29, 1.82) is 0 Å². The molecule has 0 aliphatic rings. The summed E-state index contributed by atoms with van der Waals surface area (Å²) in [5, 5.41) is 10.2. The number of hydrogen-bond donors (Lipinski definition) is 1. The van der Waals surface area contributed by atoms with Gasteiger partial charge in [-0.2, -0.15) is 0 Å². The minimum absolute atomic E-state index is 0.530. The van der Waals surface area contributed by atoms with Crippen molar-refractivity contribution in [2.24, 2.45) is 0 Å². The van der Waals surface area contributed by atoms with Gasteiger partial charge in [-0.1, -0.05) is 54.6 Å². The van der Waals surface area contributed by atoms with Crippen LogP contribution >= 0.6 is 0 Å². The summed E-state index contributed by atoms with van der Waals surface area (Å²) in [5.74, 6) is 0. The van der Waals surface area contributed by atoms with Gasteiger partial charge in [-0.05, 0) is 18.4 Å². The molecule has 16 heavy (non-hydrogen) atoms. The van der Waals surface area contributed by atoms with Crippen LogP contribution in [0.4, 0.5) is 0 Å². The lowest BCUT2D eigenvalue weighted by Gasteiger charge is -2.21. The van der Waals surface area contributed by atoms with Gasteiger partial charge in [0.05, 0.1) is 5.60 Å². The molecule has 0 radical (unpaired) electrons. The Morgan fingerprint density at radius 2 is 1.62 bits per heavy atom. The first-order valence-electron chi connectivity index (χ1n) is 5.39. The van der Waals surface area contributed by atoms with Crippen LogP contribution in [0.15, 0.2) is 61.7 Å².